The van der Waals surface area contributed by atoms with Gasteiger partial charge in [0.25, 0.3) is 0 Å². The van der Waals surface area contributed by atoms with Crippen LogP contribution in [0.25, 0.3) is 86.3 Å². The molecule has 0 unspecified atom stereocenters. The zero-order valence-electron chi connectivity index (χ0n) is 29.8. The van der Waals surface area contributed by atoms with E-state index in [0.29, 0.717) is 0 Å². The summed E-state index contributed by atoms with van der Waals surface area (Å²) in [6.45, 7) is 0. The van der Waals surface area contributed by atoms with Gasteiger partial charge >= 0.3 is 0 Å². The highest BCUT2D eigenvalue weighted by molar-refractivity contribution is 7.25. The molecular formula is C52H33NOS. The number of furan rings is 1. The topological polar surface area (TPSA) is 16.4 Å². The Morgan fingerprint density at radius 1 is 0.345 bits per heavy atom. The van der Waals surface area contributed by atoms with Crippen LogP contribution in [-0.2, 0) is 0 Å². The average molecular weight is 720 g/mol. The molecule has 258 valence electrons. The van der Waals surface area contributed by atoms with Crippen molar-refractivity contribution in [1.29, 1.82) is 0 Å². The Bertz CT molecular complexity index is 3240. The summed E-state index contributed by atoms with van der Waals surface area (Å²) in [5, 5.41) is 7.27. The third kappa shape index (κ3) is 5.16. The Labute approximate surface area is 322 Å². The molecule has 0 saturated carbocycles. The monoisotopic (exact) mass is 719 g/mol. The van der Waals surface area contributed by atoms with Crippen molar-refractivity contribution in [3.63, 3.8) is 0 Å². The van der Waals surface area contributed by atoms with Crippen LogP contribution in [0.15, 0.2) is 205 Å². The minimum absolute atomic E-state index is 0.862. The predicted octanol–water partition coefficient (Wildman–Crippen LogP) is 15.6. The second-order valence-electron chi connectivity index (χ2n) is 14.0. The van der Waals surface area contributed by atoms with E-state index in [-0.39, 0.29) is 0 Å². The zero-order valence-corrected chi connectivity index (χ0v) is 30.6. The molecule has 55 heavy (non-hydrogen) atoms. The summed E-state index contributed by atoms with van der Waals surface area (Å²) in [5.41, 5.74) is 12.1. The molecule has 3 heteroatoms. The van der Waals surface area contributed by atoms with Crippen molar-refractivity contribution in [2.24, 2.45) is 0 Å². The average Bonchev–Trinajstić information content (AvgIpc) is 3.82. The van der Waals surface area contributed by atoms with Gasteiger partial charge in [-0.3, -0.25) is 0 Å². The van der Waals surface area contributed by atoms with Crippen molar-refractivity contribution in [3.05, 3.63) is 200 Å². The number of anilines is 3. The summed E-state index contributed by atoms with van der Waals surface area (Å²) in [6, 6.07) is 72.3. The Balaban J connectivity index is 1.19. The van der Waals surface area contributed by atoms with Gasteiger partial charge in [-0.25, -0.2) is 0 Å². The zero-order chi connectivity index (χ0) is 36.3. The predicted molar refractivity (Wildman–Crippen MR) is 235 cm³/mol. The quantitative estimate of drug-likeness (QED) is 0.170. The van der Waals surface area contributed by atoms with Crippen molar-refractivity contribution >= 4 is 81.3 Å². The lowest BCUT2D eigenvalue weighted by atomic mass is 9.90. The Kier molecular flexibility index (Phi) is 7.39. The van der Waals surface area contributed by atoms with Crippen LogP contribution in [0, 0.1) is 0 Å². The number of para-hydroxylation sites is 3. The molecule has 11 rings (SSSR count). The molecule has 0 aliphatic heterocycles. The normalized spacial score (nSPS) is 11.6. The fourth-order valence-electron chi connectivity index (χ4n) is 8.47. The van der Waals surface area contributed by atoms with Gasteiger partial charge in [-0.15, -0.1) is 11.3 Å². The molecule has 0 spiro atoms. The first kappa shape index (κ1) is 31.6. The number of benzene rings is 9. The van der Waals surface area contributed by atoms with Gasteiger partial charge in [0.05, 0.1) is 11.4 Å². The van der Waals surface area contributed by atoms with E-state index in [0.717, 1.165) is 44.6 Å². The summed E-state index contributed by atoms with van der Waals surface area (Å²) in [7, 11) is 0. The minimum Gasteiger partial charge on any atom is -0.456 e. The minimum atomic E-state index is 0.862. The first-order chi connectivity index (χ1) is 27.3. The van der Waals surface area contributed by atoms with Gasteiger partial charge in [0.1, 0.15) is 11.2 Å². The molecule has 0 radical (unpaired) electrons. The standard InChI is InChI=1S/C52H33NOS/c1-2-17-36-34(15-1)16-13-24-37(36)38-18-3-4-19-39(38)40-20-5-9-26-46(40)53(35-31-32-43-42-22-7-11-28-48(42)54-49(43)33-35)47-27-10-6-21-41(47)44-25-14-30-51-52(44)45-23-8-12-29-50(45)55-51/h1-33H. The molecule has 0 aliphatic rings. The SMILES string of the molecule is c1ccc(-c2cccc3ccccc23)c(-c2ccccc2N(c2ccc3c(c2)oc2ccccc23)c2ccccc2-c2cccc3sc4ccccc4c23)c1. The number of hydrogen-bond acceptors (Lipinski definition) is 3. The summed E-state index contributed by atoms with van der Waals surface area (Å²) in [6.07, 6.45) is 0. The van der Waals surface area contributed by atoms with Gasteiger partial charge in [-0.05, 0) is 75.5 Å². The van der Waals surface area contributed by atoms with Crippen LogP contribution in [-0.4, -0.2) is 0 Å². The lowest BCUT2D eigenvalue weighted by Gasteiger charge is -2.30. The Hall–Kier alpha value is -6.94. The van der Waals surface area contributed by atoms with Gasteiger partial charge in [-0.2, -0.15) is 0 Å². The molecule has 0 atom stereocenters. The summed E-state index contributed by atoms with van der Waals surface area (Å²) < 4.78 is 9.11. The molecule has 2 heterocycles. The number of fused-ring (bicyclic) bond motifs is 7. The second kappa shape index (κ2) is 12.9. The van der Waals surface area contributed by atoms with Crippen LogP contribution in [0.3, 0.4) is 0 Å². The highest BCUT2D eigenvalue weighted by Gasteiger charge is 2.24. The molecule has 0 aliphatic carbocycles. The van der Waals surface area contributed by atoms with E-state index in [1.54, 1.807) is 0 Å². The van der Waals surface area contributed by atoms with Crippen LogP contribution in [0.5, 0.6) is 0 Å². The molecule has 0 saturated heterocycles. The molecule has 9 aromatic carbocycles. The van der Waals surface area contributed by atoms with E-state index in [2.05, 4.69) is 193 Å². The maximum atomic E-state index is 6.53. The Morgan fingerprint density at radius 3 is 1.69 bits per heavy atom. The van der Waals surface area contributed by atoms with Crippen LogP contribution < -0.4 is 4.90 Å². The molecule has 0 bridgehead atoms. The lowest BCUT2D eigenvalue weighted by molar-refractivity contribution is 0.669. The molecule has 0 N–H and O–H groups in total. The summed E-state index contributed by atoms with van der Waals surface area (Å²) in [5.74, 6) is 0. The smallest absolute Gasteiger partial charge is 0.137 e. The molecule has 0 fully saturated rings. The fourth-order valence-corrected chi connectivity index (χ4v) is 9.60. The van der Waals surface area contributed by atoms with E-state index < -0.39 is 0 Å². The third-order valence-corrected chi connectivity index (χ3v) is 12.0. The van der Waals surface area contributed by atoms with Gasteiger partial charge in [0.15, 0.2) is 0 Å². The van der Waals surface area contributed by atoms with Crippen molar-refractivity contribution in [2.45, 2.75) is 0 Å². The van der Waals surface area contributed by atoms with E-state index in [1.807, 2.05) is 23.5 Å². The van der Waals surface area contributed by atoms with Crippen molar-refractivity contribution in [1.82, 2.24) is 0 Å². The van der Waals surface area contributed by atoms with Gasteiger partial charge in [0, 0.05) is 53.8 Å². The molecule has 11 aromatic rings. The maximum Gasteiger partial charge on any atom is 0.137 e. The van der Waals surface area contributed by atoms with E-state index in [1.165, 1.54) is 58.8 Å². The van der Waals surface area contributed by atoms with Gasteiger partial charge in [0.2, 0.25) is 0 Å². The number of nitrogens with zero attached hydrogens (tertiary/aromatic N) is 1. The van der Waals surface area contributed by atoms with E-state index in [9.17, 15) is 0 Å². The van der Waals surface area contributed by atoms with Crippen molar-refractivity contribution in [3.8, 4) is 33.4 Å². The number of rotatable bonds is 6. The highest BCUT2D eigenvalue weighted by Crippen LogP contribution is 2.49. The van der Waals surface area contributed by atoms with Crippen LogP contribution in [0.2, 0.25) is 0 Å². The highest BCUT2D eigenvalue weighted by atomic mass is 32.1. The van der Waals surface area contributed by atoms with Crippen molar-refractivity contribution in [2.75, 3.05) is 4.90 Å². The Morgan fingerprint density at radius 2 is 0.873 bits per heavy atom. The molecule has 0 amide bonds. The molecular weight excluding hydrogens is 687 g/mol. The number of thiophene rings is 1. The lowest BCUT2D eigenvalue weighted by Crippen LogP contribution is -2.12. The van der Waals surface area contributed by atoms with Gasteiger partial charge in [-0.1, -0.05) is 152 Å². The van der Waals surface area contributed by atoms with E-state index in [4.69, 9.17) is 4.42 Å². The van der Waals surface area contributed by atoms with Crippen LogP contribution in [0.1, 0.15) is 0 Å². The second-order valence-corrected chi connectivity index (χ2v) is 15.1. The van der Waals surface area contributed by atoms with Crippen LogP contribution >= 0.6 is 11.3 Å². The summed E-state index contributed by atoms with van der Waals surface area (Å²) in [4.78, 5) is 2.44. The van der Waals surface area contributed by atoms with Crippen molar-refractivity contribution < 1.29 is 4.42 Å². The first-order valence-electron chi connectivity index (χ1n) is 18.7. The van der Waals surface area contributed by atoms with E-state index >= 15 is 0 Å². The molecule has 2 nitrogen and oxygen atoms in total. The fraction of sp³-hybridized carbons (Fsp3) is 0. The van der Waals surface area contributed by atoms with Crippen LogP contribution in [0.4, 0.5) is 17.1 Å². The first-order valence-corrected chi connectivity index (χ1v) is 19.5. The van der Waals surface area contributed by atoms with Gasteiger partial charge < -0.3 is 9.32 Å². The largest absolute Gasteiger partial charge is 0.456 e. The third-order valence-electron chi connectivity index (χ3n) is 10.9. The number of hydrogen-bond donors (Lipinski definition) is 0. The molecule has 2 aromatic heterocycles. The summed E-state index contributed by atoms with van der Waals surface area (Å²) >= 11 is 1.85. The maximum absolute atomic E-state index is 6.53.